The molecule has 2 rings (SSSR count). The molecule has 1 heterocycles. The maximum atomic E-state index is 5.60. The molecule has 1 aromatic rings. The predicted octanol–water partition coefficient (Wildman–Crippen LogP) is 4.87. The summed E-state index contributed by atoms with van der Waals surface area (Å²) in [6.45, 7) is 10.7. The van der Waals surface area contributed by atoms with E-state index in [4.69, 9.17) is 4.84 Å². The summed E-state index contributed by atoms with van der Waals surface area (Å²) in [5.41, 5.74) is 4.86. The van der Waals surface area contributed by atoms with E-state index in [1.54, 1.807) is 0 Å². The van der Waals surface area contributed by atoms with Crippen molar-refractivity contribution in [1.82, 2.24) is 0 Å². The van der Waals surface area contributed by atoms with Crippen LogP contribution in [0.3, 0.4) is 0 Å². The summed E-state index contributed by atoms with van der Waals surface area (Å²) >= 11 is 0. The summed E-state index contributed by atoms with van der Waals surface area (Å²) in [5, 5.41) is 4.26. The number of hydrogen-bond donors (Lipinski definition) is 0. The van der Waals surface area contributed by atoms with E-state index in [0.717, 1.165) is 25.0 Å². The van der Waals surface area contributed by atoms with E-state index >= 15 is 0 Å². The molecule has 2 heteroatoms. The van der Waals surface area contributed by atoms with Gasteiger partial charge in [0.1, 0.15) is 6.10 Å². The molecule has 0 aromatic heterocycles. The van der Waals surface area contributed by atoms with Crippen LogP contribution in [0.5, 0.6) is 0 Å². The highest BCUT2D eigenvalue weighted by Crippen LogP contribution is 2.26. The first kappa shape index (κ1) is 14.8. The van der Waals surface area contributed by atoms with Gasteiger partial charge in [-0.05, 0) is 31.2 Å². The van der Waals surface area contributed by atoms with E-state index in [2.05, 4.69) is 56.8 Å². The highest BCUT2D eigenvalue weighted by Gasteiger charge is 2.24. The van der Waals surface area contributed by atoms with Crippen molar-refractivity contribution < 1.29 is 4.84 Å². The smallest absolute Gasteiger partial charge is 0.133 e. The number of benzene rings is 1. The van der Waals surface area contributed by atoms with Gasteiger partial charge < -0.3 is 4.84 Å². The number of nitrogens with zero attached hydrogens (tertiary/aromatic N) is 1. The number of oxime groups is 1. The van der Waals surface area contributed by atoms with Gasteiger partial charge in [0, 0.05) is 6.42 Å². The summed E-state index contributed by atoms with van der Waals surface area (Å²) in [4.78, 5) is 5.60. The second-order valence-electron chi connectivity index (χ2n) is 5.88. The Morgan fingerprint density at radius 3 is 2.75 bits per heavy atom. The predicted molar refractivity (Wildman–Crippen MR) is 85.0 cm³/mol. The van der Waals surface area contributed by atoms with Crippen LogP contribution in [0.4, 0.5) is 0 Å². The van der Waals surface area contributed by atoms with Gasteiger partial charge in [-0.25, -0.2) is 0 Å². The van der Waals surface area contributed by atoms with Crippen molar-refractivity contribution in [3.05, 3.63) is 47.5 Å². The van der Waals surface area contributed by atoms with Crippen LogP contribution < -0.4 is 0 Å². The molecule has 2 nitrogen and oxygen atoms in total. The molecule has 0 bridgehead atoms. The van der Waals surface area contributed by atoms with Gasteiger partial charge in [-0.2, -0.15) is 0 Å². The third kappa shape index (κ3) is 3.72. The fraction of sp³-hybridized carbons (Fsp3) is 0.500. The number of hydrogen-bond acceptors (Lipinski definition) is 2. The van der Waals surface area contributed by atoms with Gasteiger partial charge in [-0.3, -0.25) is 0 Å². The molecule has 0 N–H and O–H groups in total. The molecule has 2 unspecified atom stereocenters. The van der Waals surface area contributed by atoms with Gasteiger partial charge in [0.2, 0.25) is 0 Å². The molecule has 0 amide bonds. The van der Waals surface area contributed by atoms with Gasteiger partial charge in [0.05, 0.1) is 5.71 Å². The standard InChI is InChI=1S/C18H25NO/c1-5-6-14(3)15(4)11-17-12-18(19-20-17)16-9-7-13(2)8-10-16/h7-10,15,17H,3,5-6,11-12H2,1-2,4H3. The van der Waals surface area contributed by atoms with E-state index in [1.165, 1.54) is 23.1 Å². The molecule has 0 saturated carbocycles. The van der Waals surface area contributed by atoms with Crippen LogP contribution in [-0.2, 0) is 4.84 Å². The zero-order chi connectivity index (χ0) is 14.5. The van der Waals surface area contributed by atoms with Gasteiger partial charge in [-0.1, -0.05) is 67.4 Å². The molecule has 0 spiro atoms. The Balaban J connectivity index is 1.88. The Morgan fingerprint density at radius 2 is 2.10 bits per heavy atom. The van der Waals surface area contributed by atoms with Crippen LogP contribution in [0.25, 0.3) is 0 Å². The van der Waals surface area contributed by atoms with Crippen LogP contribution >= 0.6 is 0 Å². The van der Waals surface area contributed by atoms with Crippen LogP contribution in [0.2, 0.25) is 0 Å². The fourth-order valence-corrected chi connectivity index (χ4v) is 2.60. The fourth-order valence-electron chi connectivity index (χ4n) is 2.60. The Kier molecular flexibility index (Phi) is 4.99. The molecule has 1 aromatic carbocycles. The van der Waals surface area contributed by atoms with Crippen LogP contribution in [-0.4, -0.2) is 11.8 Å². The monoisotopic (exact) mass is 271 g/mol. The van der Waals surface area contributed by atoms with Crippen molar-refractivity contribution in [2.75, 3.05) is 0 Å². The topological polar surface area (TPSA) is 21.6 Å². The normalized spacial score (nSPS) is 19.4. The highest BCUT2D eigenvalue weighted by atomic mass is 16.6. The van der Waals surface area contributed by atoms with Crippen molar-refractivity contribution in [3.8, 4) is 0 Å². The second-order valence-corrected chi connectivity index (χ2v) is 5.88. The minimum absolute atomic E-state index is 0.204. The van der Waals surface area contributed by atoms with Gasteiger partial charge >= 0.3 is 0 Å². The van der Waals surface area contributed by atoms with E-state index in [-0.39, 0.29) is 6.10 Å². The third-order valence-electron chi connectivity index (χ3n) is 4.00. The molecule has 20 heavy (non-hydrogen) atoms. The summed E-state index contributed by atoms with van der Waals surface area (Å²) < 4.78 is 0. The van der Waals surface area contributed by atoms with Gasteiger partial charge in [0.15, 0.2) is 0 Å². The zero-order valence-corrected chi connectivity index (χ0v) is 12.9. The van der Waals surface area contributed by atoms with Gasteiger partial charge in [0.25, 0.3) is 0 Å². The lowest BCUT2D eigenvalue weighted by Gasteiger charge is -2.17. The molecule has 0 radical (unpaired) electrons. The summed E-state index contributed by atoms with van der Waals surface area (Å²) in [5.74, 6) is 0.507. The Morgan fingerprint density at radius 1 is 1.40 bits per heavy atom. The Bertz CT molecular complexity index is 487. The molecular weight excluding hydrogens is 246 g/mol. The van der Waals surface area contributed by atoms with Crippen molar-refractivity contribution in [3.63, 3.8) is 0 Å². The molecule has 0 saturated heterocycles. The average Bonchev–Trinajstić information content (AvgIpc) is 2.88. The van der Waals surface area contributed by atoms with E-state index in [1.807, 2.05) is 0 Å². The van der Waals surface area contributed by atoms with E-state index in [0.29, 0.717) is 5.92 Å². The maximum Gasteiger partial charge on any atom is 0.133 e. The SMILES string of the molecule is C=C(CCC)C(C)CC1CC(c2ccc(C)cc2)=NO1. The van der Waals surface area contributed by atoms with E-state index in [9.17, 15) is 0 Å². The molecule has 2 atom stereocenters. The lowest BCUT2D eigenvalue weighted by Crippen LogP contribution is -2.14. The third-order valence-corrected chi connectivity index (χ3v) is 4.00. The first-order valence-electron chi connectivity index (χ1n) is 7.57. The van der Waals surface area contributed by atoms with Crippen molar-refractivity contribution in [2.45, 2.75) is 52.6 Å². The molecular formula is C18H25NO. The van der Waals surface area contributed by atoms with Crippen molar-refractivity contribution in [2.24, 2.45) is 11.1 Å². The van der Waals surface area contributed by atoms with Crippen LogP contribution in [0.15, 0.2) is 41.6 Å². The van der Waals surface area contributed by atoms with Gasteiger partial charge in [-0.15, -0.1) is 0 Å². The number of rotatable bonds is 6. The lowest BCUT2D eigenvalue weighted by atomic mass is 9.91. The lowest BCUT2D eigenvalue weighted by molar-refractivity contribution is 0.0710. The molecule has 108 valence electrons. The molecule has 1 aliphatic heterocycles. The second kappa shape index (κ2) is 6.74. The number of aryl methyl sites for hydroxylation is 1. The van der Waals surface area contributed by atoms with Crippen molar-refractivity contribution in [1.29, 1.82) is 0 Å². The average molecular weight is 271 g/mol. The summed E-state index contributed by atoms with van der Waals surface area (Å²) in [6.07, 6.45) is 4.40. The number of allylic oxidation sites excluding steroid dienone is 1. The minimum Gasteiger partial charge on any atom is -0.392 e. The van der Waals surface area contributed by atoms with Crippen LogP contribution in [0, 0.1) is 12.8 Å². The summed E-state index contributed by atoms with van der Waals surface area (Å²) in [6, 6.07) is 8.49. The van der Waals surface area contributed by atoms with Crippen LogP contribution in [0.1, 0.15) is 50.7 Å². The molecule has 1 aliphatic rings. The zero-order valence-electron chi connectivity index (χ0n) is 12.9. The van der Waals surface area contributed by atoms with E-state index < -0.39 is 0 Å². The highest BCUT2D eigenvalue weighted by molar-refractivity contribution is 6.01. The quantitative estimate of drug-likeness (QED) is 0.676. The maximum absolute atomic E-state index is 5.60. The molecule has 0 aliphatic carbocycles. The largest absolute Gasteiger partial charge is 0.392 e. The molecule has 0 fully saturated rings. The Hall–Kier alpha value is -1.57. The summed E-state index contributed by atoms with van der Waals surface area (Å²) in [7, 11) is 0. The van der Waals surface area contributed by atoms with Crippen molar-refractivity contribution >= 4 is 5.71 Å². The first-order valence-corrected chi connectivity index (χ1v) is 7.57. The first-order chi connectivity index (χ1) is 9.60. The Labute approximate surface area is 122 Å². The minimum atomic E-state index is 0.204.